The van der Waals surface area contributed by atoms with Crippen LogP contribution in [0.15, 0.2) is 36.5 Å². The highest BCUT2D eigenvalue weighted by Gasteiger charge is 2.48. The van der Waals surface area contributed by atoms with Crippen molar-refractivity contribution in [3.8, 4) is 0 Å². The monoisotopic (exact) mass is 820 g/mol. The number of allylic oxidation sites excluding steroid dienone is 5. The lowest BCUT2D eigenvalue weighted by atomic mass is 9.99. The number of nitrogens with one attached hydrogen (secondary N) is 1. The molecule has 1 heterocycles. The first-order valence-corrected chi connectivity index (χ1v) is 22.8. The first-order valence-electron chi connectivity index (χ1n) is 21.5. The third-order valence-electron chi connectivity index (χ3n) is 10.0. The Morgan fingerprint density at radius 1 is 0.714 bits per heavy atom. The molecule has 0 aromatic heterocycles. The van der Waals surface area contributed by atoms with Crippen molar-refractivity contribution in [3.63, 3.8) is 0 Å². The van der Waals surface area contributed by atoms with E-state index >= 15 is 0 Å². The lowest BCUT2D eigenvalue weighted by Crippen LogP contribution is -2.61. The summed E-state index contributed by atoms with van der Waals surface area (Å²) in [6.07, 6.45) is 25.2. The molecule has 1 amide bonds. The van der Waals surface area contributed by atoms with Crippen LogP contribution in [-0.2, 0) is 28.9 Å². The van der Waals surface area contributed by atoms with Crippen LogP contribution in [0.1, 0.15) is 162 Å². The molecule has 1 aliphatic rings. The van der Waals surface area contributed by atoms with Crippen LogP contribution in [0.2, 0.25) is 0 Å². The van der Waals surface area contributed by atoms with Crippen molar-refractivity contribution in [1.29, 1.82) is 0 Å². The summed E-state index contributed by atoms with van der Waals surface area (Å²) in [6, 6.07) is -1.14. The van der Waals surface area contributed by atoms with Crippen LogP contribution in [0.4, 0.5) is 0 Å². The molecule has 0 aromatic rings. The molecule has 0 aromatic carbocycles. The lowest BCUT2D eigenvalue weighted by Gasteiger charge is -2.41. The average Bonchev–Trinajstić information content (AvgIpc) is 3.16. The second-order valence-electron chi connectivity index (χ2n) is 15.1. The van der Waals surface area contributed by atoms with Crippen molar-refractivity contribution in [1.82, 2.24) is 5.32 Å². The van der Waals surface area contributed by atoms with E-state index in [4.69, 9.17) is 14.0 Å². The fraction of sp³-hybridized carbons (Fsp3) is 0.833. The molecule has 1 aliphatic heterocycles. The molecule has 7 N–H and O–H groups in total. The number of rotatable bonds is 35. The molecular weight excluding hydrogens is 743 g/mol. The van der Waals surface area contributed by atoms with E-state index in [0.717, 1.165) is 44.9 Å². The van der Waals surface area contributed by atoms with E-state index in [0.29, 0.717) is 12.8 Å². The first kappa shape index (κ1) is 52.3. The number of aliphatic hydroxyl groups excluding tert-OH is 5. The third-order valence-corrected chi connectivity index (χ3v) is 10.5. The minimum atomic E-state index is -5.12. The molecule has 13 nitrogen and oxygen atoms in total. The van der Waals surface area contributed by atoms with Gasteiger partial charge in [-0.25, -0.2) is 4.18 Å². The fourth-order valence-electron chi connectivity index (χ4n) is 6.55. The van der Waals surface area contributed by atoms with E-state index in [1.54, 1.807) is 6.08 Å². The highest BCUT2D eigenvalue weighted by Crippen LogP contribution is 2.26. The molecular formula is C42H77NO12S. The Morgan fingerprint density at radius 3 is 1.71 bits per heavy atom. The van der Waals surface area contributed by atoms with Crippen molar-refractivity contribution in [2.24, 2.45) is 0 Å². The van der Waals surface area contributed by atoms with E-state index < -0.39 is 78.5 Å². The van der Waals surface area contributed by atoms with E-state index in [2.05, 4.69) is 47.7 Å². The van der Waals surface area contributed by atoms with Gasteiger partial charge >= 0.3 is 10.4 Å². The Labute approximate surface area is 337 Å². The molecule has 1 saturated heterocycles. The van der Waals surface area contributed by atoms with Crippen LogP contribution in [-0.4, -0.2) is 107 Å². The maximum atomic E-state index is 13.0. The number of unbranched alkanes of at least 4 members (excludes halogenated alkanes) is 18. The summed E-state index contributed by atoms with van der Waals surface area (Å²) < 4.78 is 47.4. The minimum absolute atomic E-state index is 0.235. The first-order chi connectivity index (χ1) is 26.9. The zero-order valence-corrected chi connectivity index (χ0v) is 35.1. The zero-order chi connectivity index (χ0) is 41.4. The molecule has 328 valence electrons. The van der Waals surface area contributed by atoms with Gasteiger partial charge in [0, 0.05) is 0 Å². The Hall–Kier alpha value is -1.72. The molecule has 56 heavy (non-hydrogen) atoms. The summed E-state index contributed by atoms with van der Waals surface area (Å²) in [5.74, 6) is -0.719. The van der Waals surface area contributed by atoms with Crippen molar-refractivity contribution in [2.45, 2.75) is 210 Å². The maximum Gasteiger partial charge on any atom is 0.397 e. The second kappa shape index (κ2) is 33.1. The molecule has 0 bridgehead atoms. The zero-order valence-electron chi connectivity index (χ0n) is 34.3. The van der Waals surface area contributed by atoms with Gasteiger partial charge in [-0.15, -0.1) is 0 Å². The van der Waals surface area contributed by atoms with Crippen molar-refractivity contribution in [3.05, 3.63) is 36.5 Å². The normalized spacial score (nSPS) is 22.3. The van der Waals surface area contributed by atoms with Crippen molar-refractivity contribution >= 4 is 16.3 Å². The van der Waals surface area contributed by atoms with Crippen LogP contribution in [0.3, 0.4) is 0 Å². The van der Waals surface area contributed by atoms with Gasteiger partial charge < -0.3 is 40.3 Å². The third kappa shape index (κ3) is 25.6. The summed E-state index contributed by atoms with van der Waals surface area (Å²) >= 11 is 0. The highest BCUT2D eigenvalue weighted by molar-refractivity contribution is 7.80. The van der Waals surface area contributed by atoms with Crippen LogP contribution in [0.5, 0.6) is 0 Å². The van der Waals surface area contributed by atoms with Crippen molar-refractivity contribution < 1.29 is 57.0 Å². The number of carbonyl (C=O) groups excluding carboxylic acids is 1. The number of ether oxygens (including phenoxy) is 2. The van der Waals surface area contributed by atoms with Crippen molar-refractivity contribution in [2.75, 3.05) is 13.2 Å². The molecule has 8 unspecified atom stereocenters. The molecule has 14 heteroatoms. The smallest absolute Gasteiger partial charge is 0.394 e. The SMILES string of the molecule is CCCCCCC/C=C/CC/C=C/CC/C=C/C(O)C(COC1OC(CO)C(O)C(OS(=O)(=O)O)C1O)NC(=O)C(O)CCCCCCCCCCCCCC. The van der Waals surface area contributed by atoms with Crippen LogP contribution < -0.4 is 5.32 Å². The maximum absolute atomic E-state index is 13.0. The van der Waals surface area contributed by atoms with Gasteiger partial charge in [0.15, 0.2) is 6.29 Å². The molecule has 8 atom stereocenters. The quantitative estimate of drug-likeness (QED) is 0.0207. The van der Waals surface area contributed by atoms with E-state index in [1.165, 1.54) is 89.5 Å². The number of carbonyl (C=O) groups is 1. The number of aliphatic hydroxyl groups is 5. The predicted octanol–water partition coefficient (Wildman–Crippen LogP) is 6.52. The molecule has 0 saturated carbocycles. The largest absolute Gasteiger partial charge is 0.397 e. The molecule has 0 spiro atoms. The van der Waals surface area contributed by atoms with Gasteiger partial charge in [0.25, 0.3) is 0 Å². The highest BCUT2D eigenvalue weighted by atomic mass is 32.3. The summed E-state index contributed by atoms with van der Waals surface area (Å²) in [6.45, 7) is 3.15. The molecule has 1 rings (SSSR count). The Kier molecular flexibility index (Phi) is 31.0. The fourth-order valence-corrected chi connectivity index (χ4v) is 7.06. The summed E-state index contributed by atoms with van der Waals surface area (Å²) in [4.78, 5) is 13.0. The van der Waals surface area contributed by atoms with E-state index in [-0.39, 0.29) is 6.42 Å². The summed E-state index contributed by atoms with van der Waals surface area (Å²) in [7, 11) is -5.12. The van der Waals surface area contributed by atoms with Gasteiger partial charge in [0.05, 0.1) is 25.4 Å². The molecule has 1 fully saturated rings. The Bertz CT molecular complexity index is 1170. The number of amides is 1. The van der Waals surface area contributed by atoms with Gasteiger partial charge in [-0.1, -0.05) is 153 Å². The molecule has 0 aliphatic carbocycles. The Morgan fingerprint density at radius 2 is 1.20 bits per heavy atom. The summed E-state index contributed by atoms with van der Waals surface area (Å²) in [5.41, 5.74) is 0. The standard InChI is InChI=1S/C42H77NO12S/c1-3-5-7-9-11-13-15-17-18-19-21-22-24-26-28-30-35(45)34(33-53-42-39(48)40(55-56(50,51)52)38(47)37(32-44)54-42)43-41(49)36(46)31-29-27-25-23-20-16-14-12-10-8-6-4-2/h15,17,21-22,28,30,34-40,42,44-48H,3-14,16,18-20,23-27,29,31-33H2,1-2H3,(H,43,49)(H,50,51,52)/b17-15+,22-21+,30-28+. The van der Waals surface area contributed by atoms with E-state index in [1.807, 2.05) is 0 Å². The average molecular weight is 820 g/mol. The topological polar surface area (TPSA) is 212 Å². The number of hydrogen-bond acceptors (Lipinski definition) is 11. The lowest BCUT2D eigenvalue weighted by molar-refractivity contribution is -0.298. The summed E-state index contributed by atoms with van der Waals surface area (Å²) in [5, 5.41) is 55.0. The van der Waals surface area contributed by atoms with Crippen LogP contribution in [0.25, 0.3) is 0 Å². The second-order valence-corrected chi connectivity index (χ2v) is 16.1. The van der Waals surface area contributed by atoms with Crippen LogP contribution >= 0.6 is 0 Å². The van der Waals surface area contributed by atoms with E-state index in [9.17, 15) is 38.7 Å². The van der Waals surface area contributed by atoms with Gasteiger partial charge in [-0.2, -0.15) is 8.42 Å². The minimum Gasteiger partial charge on any atom is -0.394 e. The van der Waals surface area contributed by atoms with Crippen LogP contribution in [0, 0.1) is 0 Å². The van der Waals surface area contributed by atoms with Gasteiger partial charge in [0.2, 0.25) is 5.91 Å². The predicted molar refractivity (Wildman–Crippen MR) is 219 cm³/mol. The van der Waals surface area contributed by atoms with Gasteiger partial charge in [-0.05, 0) is 44.9 Å². The van der Waals surface area contributed by atoms with Gasteiger partial charge in [0.1, 0.15) is 30.5 Å². The number of hydrogen-bond donors (Lipinski definition) is 7. The van der Waals surface area contributed by atoms with Gasteiger partial charge in [-0.3, -0.25) is 9.35 Å². The Balaban J connectivity index is 2.69. The molecule has 0 radical (unpaired) electrons.